The molecule has 140 valence electrons. The van der Waals surface area contributed by atoms with Crippen LogP contribution in [-0.4, -0.2) is 32.1 Å². The van der Waals surface area contributed by atoms with Gasteiger partial charge in [0.25, 0.3) is 5.91 Å². The zero-order chi connectivity index (χ0) is 19.6. The first-order valence-electron chi connectivity index (χ1n) is 7.90. The number of hydrogen-bond acceptors (Lipinski definition) is 7. The van der Waals surface area contributed by atoms with Crippen LogP contribution >= 0.6 is 0 Å². The summed E-state index contributed by atoms with van der Waals surface area (Å²) in [6, 6.07) is 15.6. The molecule has 3 N–H and O–H groups in total. The Morgan fingerprint density at radius 3 is 2.22 bits per heavy atom. The quantitative estimate of drug-likeness (QED) is 0.390. The number of nitrogens with one attached hydrogen (secondary N) is 3. The summed E-state index contributed by atoms with van der Waals surface area (Å²) in [7, 11) is 2.36. The highest BCUT2D eigenvalue weighted by atomic mass is 16.5. The fraction of sp³-hybridized carbons (Fsp3) is 0.105. The van der Waals surface area contributed by atoms with Crippen LogP contribution in [0, 0.1) is 0 Å². The van der Waals surface area contributed by atoms with E-state index in [1.807, 2.05) is 18.2 Å². The van der Waals surface area contributed by atoms with E-state index in [1.54, 1.807) is 36.4 Å². The molecule has 0 aliphatic carbocycles. The highest BCUT2D eigenvalue weighted by Crippen LogP contribution is 2.18. The van der Waals surface area contributed by atoms with Gasteiger partial charge in [0.15, 0.2) is 0 Å². The summed E-state index contributed by atoms with van der Waals surface area (Å²) in [4.78, 5) is 35.9. The second-order valence-corrected chi connectivity index (χ2v) is 5.19. The summed E-state index contributed by atoms with van der Waals surface area (Å²) in [5.41, 5.74) is 6.46. The highest BCUT2D eigenvalue weighted by molar-refractivity contribution is 6.03. The molecule has 0 saturated carbocycles. The third kappa shape index (κ3) is 5.60. The minimum absolute atomic E-state index is 0.166. The SMILES string of the molecule is COC(=O)/C=C(/Nc1ccccc1C(=O)NNc1ccccc1)C(=O)OC. The van der Waals surface area contributed by atoms with Gasteiger partial charge in [0.05, 0.1) is 37.2 Å². The lowest BCUT2D eigenvalue weighted by molar-refractivity contribution is -0.138. The zero-order valence-electron chi connectivity index (χ0n) is 14.8. The van der Waals surface area contributed by atoms with Crippen LogP contribution in [0.5, 0.6) is 0 Å². The van der Waals surface area contributed by atoms with Gasteiger partial charge >= 0.3 is 11.9 Å². The van der Waals surface area contributed by atoms with E-state index < -0.39 is 17.8 Å². The van der Waals surface area contributed by atoms with Crippen LogP contribution in [0.3, 0.4) is 0 Å². The fourth-order valence-electron chi connectivity index (χ4n) is 2.09. The van der Waals surface area contributed by atoms with Gasteiger partial charge in [0.1, 0.15) is 5.70 Å². The average Bonchev–Trinajstić information content (AvgIpc) is 2.71. The van der Waals surface area contributed by atoms with E-state index in [1.165, 1.54) is 14.2 Å². The van der Waals surface area contributed by atoms with Crippen molar-refractivity contribution in [3.8, 4) is 0 Å². The van der Waals surface area contributed by atoms with E-state index in [9.17, 15) is 14.4 Å². The molecule has 0 aliphatic heterocycles. The standard InChI is InChI=1S/C19H19N3O5/c1-26-17(23)12-16(19(25)27-2)20-15-11-7-6-10-14(15)18(24)22-21-13-8-4-3-5-9-13/h3-12,20-21H,1-2H3,(H,22,24)/b16-12+. The molecule has 0 saturated heterocycles. The molecule has 8 heteroatoms. The van der Waals surface area contributed by atoms with Gasteiger partial charge in [0, 0.05) is 0 Å². The van der Waals surface area contributed by atoms with Crippen LogP contribution in [-0.2, 0) is 19.1 Å². The molecule has 27 heavy (non-hydrogen) atoms. The Bertz CT molecular complexity index is 849. The van der Waals surface area contributed by atoms with Crippen molar-refractivity contribution < 1.29 is 23.9 Å². The van der Waals surface area contributed by atoms with E-state index in [0.717, 1.165) is 6.08 Å². The zero-order valence-corrected chi connectivity index (χ0v) is 14.8. The normalized spacial score (nSPS) is 10.5. The van der Waals surface area contributed by atoms with E-state index in [-0.39, 0.29) is 11.3 Å². The number of para-hydroxylation sites is 2. The summed E-state index contributed by atoms with van der Waals surface area (Å²) in [6.07, 6.45) is 0.947. The van der Waals surface area contributed by atoms with Crippen LogP contribution in [0.15, 0.2) is 66.4 Å². The second kappa shape index (κ2) is 9.62. The van der Waals surface area contributed by atoms with Gasteiger partial charge in [-0.3, -0.25) is 15.6 Å². The molecular weight excluding hydrogens is 350 g/mol. The Kier molecular flexibility index (Phi) is 6.95. The van der Waals surface area contributed by atoms with Gasteiger partial charge in [-0.05, 0) is 24.3 Å². The number of ether oxygens (including phenoxy) is 2. The molecule has 8 nitrogen and oxygen atoms in total. The highest BCUT2D eigenvalue weighted by Gasteiger charge is 2.17. The molecule has 0 aromatic heterocycles. The van der Waals surface area contributed by atoms with Crippen molar-refractivity contribution in [2.45, 2.75) is 0 Å². The summed E-state index contributed by atoms with van der Waals surface area (Å²) in [5.74, 6) is -1.96. The van der Waals surface area contributed by atoms with Crippen molar-refractivity contribution >= 4 is 29.2 Å². The predicted molar refractivity (Wildman–Crippen MR) is 99.7 cm³/mol. The maximum Gasteiger partial charge on any atom is 0.354 e. The predicted octanol–water partition coefficient (Wildman–Crippen LogP) is 2.09. The first-order valence-corrected chi connectivity index (χ1v) is 7.90. The van der Waals surface area contributed by atoms with Crippen molar-refractivity contribution in [3.05, 3.63) is 71.9 Å². The molecule has 0 spiro atoms. The number of hydrazine groups is 1. The topological polar surface area (TPSA) is 106 Å². The van der Waals surface area contributed by atoms with Crippen molar-refractivity contribution in [1.29, 1.82) is 0 Å². The van der Waals surface area contributed by atoms with Crippen molar-refractivity contribution in [1.82, 2.24) is 5.43 Å². The van der Waals surface area contributed by atoms with Crippen molar-refractivity contribution in [3.63, 3.8) is 0 Å². The van der Waals surface area contributed by atoms with Gasteiger partial charge in [-0.15, -0.1) is 0 Å². The molecule has 0 fully saturated rings. The summed E-state index contributed by atoms with van der Waals surface area (Å²) < 4.78 is 9.17. The number of methoxy groups -OCH3 is 2. The van der Waals surface area contributed by atoms with E-state index >= 15 is 0 Å². The Morgan fingerprint density at radius 1 is 0.889 bits per heavy atom. The number of amides is 1. The Hall–Kier alpha value is -3.81. The largest absolute Gasteiger partial charge is 0.466 e. The average molecular weight is 369 g/mol. The summed E-state index contributed by atoms with van der Waals surface area (Å²) >= 11 is 0. The molecule has 0 unspecified atom stereocenters. The summed E-state index contributed by atoms with van der Waals surface area (Å²) in [6.45, 7) is 0. The lowest BCUT2D eigenvalue weighted by Crippen LogP contribution is -2.30. The number of benzene rings is 2. The molecule has 2 aromatic carbocycles. The number of rotatable bonds is 7. The van der Waals surface area contributed by atoms with E-state index in [2.05, 4.69) is 25.6 Å². The van der Waals surface area contributed by atoms with Gasteiger partial charge in [-0.1, -0.05) is 30.3 Å². The smallest absolute Gasteiger partial charge is 0.354 e. The summed E-state index contributed by atoms with van der Waals surface area (Å²) in [5, 5.41) is 2.74. The van der Waals surface area contributed by atoms with Gasteiger partial charge < -0.3 is 14.8 Å². The lowest BCUT2D eigenvalue weighted by atomic mass is 10.1. The molecule has 0 aliphatic rings. The number of hydrogen-bond donors (Lipinski definition) is 3. The minimum atomic E-state index is -0.780. The van der Waals surface area contributed by atoms with E-state index in [4.69, 9.17) is 0 Å². The number of esters is 2. The van der Waals surface area contributed by atoms with Gasteiger partial charge in [-0.25, -0.2) is 9.59 Å². The third-order valence-corrected chi connectivity index (χ3v) is 3.40. The Balaban J connectivity index is 2.20. The monoisotopic (exact) mass is 369 g/mol. The molecule has 0 heterocycles. The van der Waals surface area contributed by atoms with Gasteiger partial charge in [0.2, 0.25) is 0 Å². The van der Waals surface area contributed by atoms with Crippen molar-refractivity contribution in [2.75, 3.05) is 25.0 Å². The number of anilines is 2. The van der Waals surface area contributed by atoms with Crippen molar-refractivity contribution in [2.24, 2.45) is 0 Å². The maximum atomic E-state index is 12.5. The number of carbonyl (C=O) groups excluding carboxylic acids is 3. The Morgan fingerprint density at radius 2 is 1.56 bits per heavy atom. The molecule has 0 radical (unpaired) electrons. The van der Waals surface area contributed by atoms with Gasteiger partial charge in [-0.2, -0.15) is 0 Å². The fourth-order valence-corrected chi connectivity index (χ4v) is 2.09. The second-order valence-electron chi connectivity index (χ2n) is 5.19. The van der Waals surface area contributed by atoms with E-state index in [0.29, 0.717) is 11.4 Å². The molecule has 1 amide bonds. The first-order chi connectivity index (χ1) is 13.0. The third-order valence-electron chi connectivity index (χ3n) is 3.40. The minimum Gasteiger partial charge on any atom is -0.466 e. The molecule has 2 aromatic rings. The first kappa shape index (κ1) is 19.5. The molecule has 2 rings (SSSR count). The molecular formula is C19H19N3O5. The Labute approximate surface area is 156 Å². The van der Waals surface area contributed by atoms with Crippen LogP contribution in [0.25, 0.3) is 0 Å². The van der Waals surface area contributed by atoms with Crippen LogP contribution < -0.4 is 16.2 Å². The molecule has 0 atom stereocenters. The van der Waals surface area contributed by atoms with Crippen LogP contribution in [0.2, 0.25) is 0 Å². The number of carbonyl (C=O) groups is 3. The lowest BCUT2D eigenvalue weighted by Gasteiger charge is -2.14. The molecule has 0 bridgehead atoms. The van der Waals surface area contributed by atoms with Crippen LogP contribution in [0.4, 0.5) is 11.4 Å². The maximum absolute atomic E-state index is 12.5. The van der Waals surface area contributed by atoms with Crippen LogP contribution in [0.1, 0.15) is 10.4 Å².